The molecule has 16 heavy (non-hydrogen) atoms. The molecular weight excluding hydrogens is 210 g/mol. The van der Waals surface area contributed by atoms with Crippen molar-refractivity contribution in [3.05, 3.63) is 12.2 Å². The summed E-state index contributed by atoms with van der Waals surface area (Å²) in [7, 11) is 3.26. The van der Waals surface area contributed by atoms with E-state index in [0.29, 0.717) is 25.4 Å². The SMILES string of the molecule is COCCC(N)C(=O)N(C)Cc1ncn[nH]1. The lowest BCUT2D eigenvalue weighted by atomic mass is 10.2. The molecule has 0 saturated carbocycles. The highest BCUT2D eigenvalue weighted by Crippen LogP contribution is 1.99. The second-order valence-electron chi connectivity index (χ2n) is 3.51. The molecule has 7 heteroatoms. The molecule has 0 aliphatic carbocycles. The van der Waals surface area contributed by atoms with Crippen molar-refractivity contribution in [2.24, 2.45) is 5.73 Å². The maximum absolute atomic E-state index is 11.8. The number of nitrogens with zero attached hydrogens (tertiary/aromatic N) is 3. The molecule has 0 radical (unpaired) electrons. The van der Waals surface area contributed by atoms with E-state index >= 15 is 0 Å². The molecule has 1 aromatic heterocycles. The Bertz CT molecular complexity index is 314. The highest BCUT2D eigenvalue weighted by atomic mass is 16.5. The van der Waals surface area contributed by atoms with Gasteiger partial charge in [0.15, 0.2) is 0 Å². The van der Waals surface area contributed by atoms with E-state index in [4.69, 9.17) is 10.5 Å². The van der Waals surface area contributed by atoms with Gasteiger partial charge in [0.1, 0.15) is 12.2 Å². The maximum atomic E-state index is 11.8. The topological polar surface area (TPSA) is 97.1 Å². The Morgan fingerprint density at radius 3 is 3.06 bits per heavy atom. The summed E-state index contributed by atoms with van der Waals surface area (Å²) in [5, 5.41) is 6.39. The van der Waals surface area contributed by atoms with Crippen LogP contribution in [0.3, 0.4) is 0 Å². The molecule has 0 spiro atoms. The third kappa shape index (κ3) is 3.59. The summed E-state index contributed by atoms with van der Waals surface area (Å²) in [6.07, 6.45) is 1.91. The molecule has 90 valence electrons. The van der Waals surface area contributed by atoms with Gasteiger partial charge in [-0.05, 0) is 6.42 Å². The van der Waals surface area contributed by atoms with E-state index in [1.165, 1.54) is 11.2 Å². The second-order valence-corrected chi connectivity index (χ2v) is 3.51. The van der Waals surface area contributed by atoms with Gasteiger partial charge in [-0.15, -0.1) is 0 Å². The molecule has 1 atom stereocenters. The number of methoxy groups -OCH3 is 1. The predicted molar refractivity (Wildman–Crippen MR) is 57.3 cm³/mol. The number of carbonyl (C=O) groups is 1. The molecular formula is C9H17N5O2. The fraction of sp³-hybridized carbons (Fsp3) is 0.667. The van der Waals surface area contributed by atoms with Crippen molar-refractivity contribution in [3.8, 4) is 0 Å². The lowest BCUT2D eigenvalue weighted by Crippen LogP contribution is -2.42. The number of H-pyrrole nitrogens is 1. The summed E-state index contributed by atoms with van der Waals surface area (Å²) in [6, 6.07) is -0.534. The van der Waals surface area contributed by atoms with E-state index in [1.54, 1.807) is 14.2 Å². The zero-order valence-corrected chi connectivity index (χ0v) is 9.51. The average Bonchev–Trinajstić information content (AvgIpc) is 2.77. The molecule has 1 unspecified atom stereocenters. The fourth-order valence-corrected chi connectivity index (χ4v) is 1.26. The van der Waals surface area contributed by atoms with Crippen molar-refractivity contribution in [1.82, 2.24) is 20.1 Å². The lowest BCUT2D eigenvalue weighted by Gasteiger charge is -2.19. The number of nitrogens with two attached hydrogens (primary N) is 1. The summed E-state index contributed by atoms with van der Waals surface area (Å²) < 4.78 is 4.87. The first-order valence-electron chi connectivity index (χ1n) is 4.99. The van der Waals surface area contributed by atoms with Crippen LogP contribution >= 0.6 is 0 Å². The van der Waals surface area contributed by atoms with Gasteiger partial charge in [-0.25, -0.2) is 4.98 Å². The second kappa shape index (κ2) is 6.19. The highest BCUT2D eigenvalue weighted by molar-refractivity contribution is 5.81. The van der Waals surface area contributed by atoms with Gasteiger partial charge in [0.05, 0.1) is 12.6 Å². The van der Waals surface area contributed by atoms with Gasteiger partial charge >= 0.3 is 0 Å². The van der Waals surface area contributed by atoms with Crippen LogP contribution in [0.5, 0.6) is 0 Å². The summed E-state index contributed by atoms with van der Waals surface area (Å²) in [6.45, 7) is 0.850. The minimum Gasteiger partial charge on any atom is -0.385 e. The van der Waals surface area contributed by atoms with Gasteiger partial charge in [0.2, 0.25) is 5.91 Å². The number of carbonyl (C=O) groups excluding carboxylic acids is 1. The number of ether oxygens (including phenoxy) is 1. The van der Waals surface area contributed by atoms with Crippen LogP contribution < -0.4 is 5.73 Å². The van der Waals surface area contributed by atoms with E-state index < -0.39 is 6.04 Å². The third-order valence-corrected chi connectivity index (χ3v) is 2.18. The number of rotatable bonds is 6. The number of hydrogen-bond donors (Lipinski definition) is 2. The van der Waals surface area contributed by atoms with Crippen LogP contribution in [0.25, 0.3) is 0 Å². The molecule has 0 aliphatic heterocycles. The van der Waals surface area contributed by atoms with Crippen LogP contribution in [0, 0.1) is 0 Å². The quantitative estimate of drug-likeness (QED) is 0.658. The molecule has 0 aromatic carbocycles. The Morgan fingerprint density at radius 2 is 2.50 bits per heavy atom. The van der Waals surface area contributed by atoms with Crippen molar-refractivity contribution >= 4 is 5.91 Å². The molecule has 0 aliphatic rings. The van der Waals surface area contributed by atoms with Crippen LogP contribution in [0.4, 0.5) is 0 Å². The number of aromatic nitrogens is 3. The average molecular weight is 227 g/mol. The van der Waals surface area contributed by atoms with Crippen molar-refractivity contribution in [2.75, 3.05) is 20.8 Å². The Morgan fingerprint density at radius 1 is 1.75 bits per heavy atom. The Kier molecular flexibility index (Phi) is 4.87. The molecule has 7 nitrogen and oxygen atoms in total. The van der Waals surface area contributed by atoms with Crippen molar-refractivity contribution < 1.29 is 9.53 Å². The molecule has 0 saturated heterocycles. The number of hydrogen-bond acceptors (Lipinski definition) is 5. The zero-order chi connectivity index (χ0) is 12.0. The van der Waals surface area contributed by atoms with Crippen LogP contribution in [-0.4, -0.2) is 52.8 Å². The molecule has 1 aromatic rings. The van der Waals surface area contributed by atoms with Crippen LogP contribution in [0.1, 0.15) is 12.2 Å². The number of amides is 1. The summed E-state index contributed by atoms with van der Waals surface area (Å²) in [5.74, 6) is 0.503. The molecule has 3 N–H and O–H groups in total. The van der Waals surface area contributed by atoms with Crippen molar-refractivity contribution in [2.45, 2.75) is 19.0 Å². The standard InChI is InChI=1S/C9H17N5O2/c1-14(5-8-11-6-12-13-8)9(15)7(10)3-4-16-2/h6-7H,3-5,10H2,1-2H3,(H,11,12,13). The number of likely N-dealkylation sites (N-methyl/N-ethyl adjacent to an activating group) is 1. The minimum atomic E-state index is -0.534. The van der Waals surface area contributed by atoms with Gasteiger partial charge in [-0.2, -0.15) is 5.10 Å². The van der Waals surface area contributed by atoms with Gasteiger partial charge < -0.3 is 15.4 Å². The smallest absolute Gasteiger partial charge is 0.239 e. The normalized spacial score (nSPS) is 12.4. The molecule has 0 fully saturated rings. The first-order chi connectivity index (χ1) is 7.65. The summed E-state index contributed by atoms with van der Waals surface area (Å²) in [4.78, 5) is 17.2. The fourth-order valence-electron chi connectivity index (χ4n) is 1.26. The minimum absolute atomic E-state index is 0.131. The Hall–Kier alpha value is -1.47. The Balaban J connectivity index is 2.41. The van der Waals surface area contributed by atoms with E-state index in [0.717, 1.165) is 0 Å². The van der Waals surface area contributed by atoms with Gasteiger partial charge in [0, 0.05) is 20.8 Å². The van der Waals surface area contributed by atoms with Crippen molar-refractivity contribution in [3.63, 3.8) is 0 Å². The van der Waals surface area contributed by atoms with E-state index in [-0.39, 0.29) is 5.91 Å². The first kappa shape index (κ1) is 12.6. The van der Waals surface area contributed by atoms with Crippen LogP contribution in [0.15, 0.2) is 6.33 Å². The molecule has 1 amide bonds. The predicted octanol–water partition coefficient (Wildman–Crippen LogP) is -0.873. The lowest BCUT2D eigenvalue weighted by molar-refractivity contribution is -0.132. The highest BCUT2D eigenvalue weighted by Gasteiger charge is 2.18. The van der Waals surface area contributed by atoms with E-state index in [2.05, 4.69) is 15.2 Å². The Labute approximate surface area is 94.0 Å². The summed E-state index contributed by atoms with van der Waals surface area (Å²) in [5.41, 5.74) is 5.72. The summed E-state index contributed by atoms with van der Waals surface area (Å²) >= 11 is 0. The third-order valence-electron chi connectivity index (χ3n) is 2.18. The zero-order valence-electron chi connectivity index (χ0n) is 9.51. The number of nitrogens with one attached hydrogen (secondary N) is 1. The first-order valence-corrected chi connectivity index (χ1v) is 4.99. The van der Waals surface area contributed by atoms with Gasteiger partial charge in [-0.3, -0.25) is 9.89 Å². The van der Waals surface area contributed by atoms with Crippen LogP contribution in [0.2, 0.25) is 0 Å². The molecule has 1 rings (SSSR count). The van der Waals surface area contributed by atoms with Gasteiger partial charge in [0.25, 0.3) is 0 Å². The molecule has 0 bridgehead atoms. The van der Waals surface area contributed by atoms with E-state index in [1.807, 2.05) is 0 Å². The number of aromatic amines is 1. The maximum Gasteiger partial charge on any atom is 0.239 e. The largest absolute Gasteiger partial charge is 0.385 e. The van der Waals surface area contributed by atoms with Crippen molar-refractivity contribution in [1.29, 1.82) is 0 Å². The van der Waals surface area contributed by atoms with Crippen LogP contribution in [-0.2, 0) is 16.1 Å². The monoisotopic (exact) mass is 227 g/mol. The van der Waals surface area contributed by atoms with E-state index in [9.17, 15) is 4.79 Å². The van der Waals surface area contributed by atoms with Gasteiger partial charge in [-0.1, -0.05) is 0 Å². The molecule has 1 heterocycles.